The molecule has 0 heterocycles. The number of ether oxygens (including phenoxy) is 3. The zero-order chi connectivity index (χ0) is 14.7. The number of aromatic hydroxyl groups is 1. The van der Waals surface area contributed by atoms with Gasteiger partial charge in [0.05, 0.1) is 14.2 Å². The van der Waals surface area contributed by atoms with E-state index >= 15 is 0 Å². The predicted octanol–water partition coefficient (Wildman–Crippen LogP) is 2.88. The standard InChI is InChI=1S/C15H16O5/c1-4-11(16)20-13-10-8-6-5-7-9(10)12(17)14(18-2)15(13)19-3/h5-8,17H,4H2,1-3H3. The van der Waals surface area contributed by atoms with Gasteiger partial charge < -0.3 is 19.3 Å². The maximum Gasteiger partial charge on any atom is 0.311 e. The molecule has 1 N–H and O–H groups in total. The van der Waals surface area contributed by atoms with Crippen molar-refractivity contribution in [3.63, 3.8) is 0 Å². The molecule has 0 aliphatic heterocycles. The normalized spacial score (nSPS) is 10.3. The van der Waals surface area contributed by atoms with Gasteiger partial charge in [0, 0.05) is 17.2 Å². The van der Waals surface area contributed by atoms with Crippen LogP contribution in [0, 0.1) is 0 Å². The summed E-state index contributed by atoms with van der Waals surface area (Å²) in [5.74, 6) is 0.164. The van der Waals surface area contributed by atoms with Crippen LogP contribution in [0.15, 0.2) is 24.3 Å². The third-order valence-electron chi connectivity index (χ3n) is 2.97. The Labute approximate surface area is 116 Å². The molecule has 0 aliphatic carbocycles. The molecule has 0 fully saturated rings. The first-order chi connectivity index (χ1) is 9.63. The highest BCUT2D eigenvalue weighted by atomic mass is 16.6. The maximum absolute atomic E-state index is 11.6. The zero-order valence-electron chi connectivity index (χ0n) is 11.6. The minimum atomic E-state index is -0.388. The number of carbonyl (C=O) groups excluding carboxylic acids is 1. The van der Waals surface area contributed by atoms with Gasteiger partial charge in [-0.05, 0) is 0 Å². The molecule has 0 amide bonds. The lowest BCUT2D eigenvalue weighted by molar-refractivity contribution is -0.134. The molecule has 5 heteroatoms. The molecule has 0 aromatic heterocycles. The van der Waals surface area contributed by atoms with Crippen LogP contribution in [0.25, 0.3) is 10.8 Å². The molecule has 0 saturated carbocycles. The molecule has 0 aliphatic rings. The molecule has 2 aromatic rings. The Morgan fingerprint density at radius 1 is 1.05 bits per heavy atom. The Morgan fingerprint density at radius 2 is 1.65 bits per heavy atom. The molecule has 106 valence electrons. The van der Waals surface area contributed by atoms with Crippen molar-refractivity contribution in [2.75, 3.05) is 14.2 Å². The van der Waals surface area contributed by atoms with E-state index in [0.29, 0.717) is 10.8 Å². The number of phenolic OH excluding ortho intramolecular Hbond substituents is 1. The van der Waals surface area contributed by atoms with Crippen molar-refractivity contribution in [2.45, 2.75) is 13.3 Å². The Bertz CT molecular complexity index is 648. The molecule has 20 heavy (non-hydrogen) atoms. The van der Waals surface area contributed by atoms with Crippen LogP contribution in [0.3, 0.4) is 0 Å². The summed E-state index contributed by atoms with van der Waals surface area (Å²) in [6, 6.07) is 7.03. The first-order valence-electron chi connectivity index (χ1n) is 6.20. The molecular formula is C15H16O5. The number of carbonyl (C=O) groups is 1. The average Bonchev–Trinajstić information content (AvgIpc) is 2.49. The van der Waals surface area contributed by atoms with Crippen molar-refractivity contribution in [3.8, 4) is 23.0 Å². The quantitative estimate of drug-likeness (QED) is 0.687. The first-order valence-corrected chi connectivity index (χ1v) is 6.20. The Hall–Kier alpha value is -2.43. The van der Waals surface area contributed by atoms with Gasteiger partial charge in [0.25, 0.3) is 0 Å². The van der Waals surface area contributed by atoms with E-state index in [-0.39, 0.29) is 35.4 Å². The second-order valence-corrected chi connectivity index (χ2v) is 4.12. The van der Waals surface area contributed by atoms with Crippen LogP contribution in [0.4, 0.5) is 0 Å². The van der Waals surface area contributed by atoms with Crippen molar-refractivity contribution < 1.29 is 24.1 Å². The van der Waals surface area contributed by atoms with Gasteiger partial charge in [-0.15, -0.1) is 0 Å². The highest BCUT2D eigenvalue weighted by Gasteiger charge is 2.23. The summed E-state index contributed by atoms with van der Waals surface area (Å²) >= 11 is 0. The molecule has 0 spiro atoms. The van der Waals surface area contributed by atoms with Crippen LogP contribution in [-0.2, 0) is 4.79 Å². The fourth-order valence-electron chi connectivity index (χ4n) is 2.00. The maximum atomic E-state index is 11.6. The molecule has 0 bridgehead atoms. The molecule has 0 atom stereocenters. The highest BCUT2D eigenvalue weighted by molar-refractivity contribution is 5.99. The van der Waals surface area contributed by atoms with Crippen molar-refractivity contribution in [1.29, 1.82) is 0 Å². The van der Waals surface area contributed by atoms with Crippen LogP contribution < -0.4 is 14.2 Å². The van der Waals surface area contributed by atoms with E-state index in [1.165, 1.54) is 14.2 Å². The van der Waals surface area contributed by atoms with Gasteiger partial charge in [0.15, 0.2) is 11.5 Å². The van der Waals surface area contributed by atoms with E-state index in [9.17, 15) is 9.90 Å². The SMILES string of the molecule is CCC(=O)Oc1c(OC)c(OC)c(O)c2ccccc12. The second kappa shape index (κ2) is 5.69. The largest absolute Gasteiger partial charge is 0.504 e. The van der Waals surface area contributed by atoms with E-state index in [4.69, 9.17) is 14.2 Å². The number of methoxy groups -OCH3 is 2. The number of phenols is 1. The summed E-state index contributed by atoms with van der Waals surface area (Å²) in [7, 11) is 2.84. The van der Waals surface area contributed by atoms with Crippen molar-refractivity contribution >= 4 is 16.7 Å². The average molecular weight is 276 g/mol. The molecule has 0 saturated heterocycles. The molecule has 2 rings (SSSR count). The van der Waals surface area contributed by atoms with E-state index in [2.05, 4.69) is 0 Å². The van der Waals surface area contributed by atoms with Gasteiger partial charge in [0.2, 0.25) is 11.5 Å². The summed E-state index contributed by atoms with van der Waals surface area (Å²) in [5.41, 5.74) is 0. The van der Waals surface area contributed by atoms with Crippen molar-refractivity contribution in [2.24, 2.45) is 0 Å². The van der Waals surface area contributed by atoms with Crippen LogP contribution in [0.5, 0.6) is 23.0 Å². The summed E-state index contributed by atoms with van der Waals surface area (Å²) < 4.78 is 15.7. The number of benzene rings is 2. The van der Waals surface area contributed by atoms with Gasteiger partial charge in [-0.1, -0.05) is 31.2 Å². The molecule has 5 nitrogen and oxygen atoms in total. The summed E-state index contributed by atoms with van der Waals surface area (Å²) in [5, 5.41) is 11.4. The molecule has 2 aromatic carbocycles. The lowest BCUT2D eigenvalue weighted by Crippen LogP contribution is -2.08. The molecule has 0 radical (unpaired) electrons. The lowest BCUT2D eigenvalue weighted by Gasteiger charge is -2.16. The van der Waals surface area contributed by atoms with Crippen LogP contribution in [0.2, 0.25) is 0 Å². The number of hydrogen-bond donors (Lipinski definition) is 1. The van der Waals surface area contributed by atoms with Crippen molar-refractivity contribution in [3.05, 3.63) is 24.3 Å². The minimum absolute atomic E-state index is 0.0451. The van der Waals surface area contributed by atoms with Gasteiger partial charge in [-0.2, -0.15) is 0 Å². The van der Waals surface area contributed by atoms with Gasteiger partial charge in [-0.25, -0.2) is 0 Å². The monoisotopic (exact) mass is 276 g/mol. The van der Waals surface area contributed by atoms with E-state index in [1.807, 2.05) is 0 Å². The summed E-state index contributed by atoms with van der Waals surface area (Å²) in [6.45, 7) is 1.70. The predicted molar refractivity (Wildman–Crippen MR) is 74.6 cm³/mol. The van der Waals surface area contributed by atoms with Crippen molar-refractivity contribution in [1.82, 2.24) is 0 Å². The number of esters is 1. The first kappa shape index (κ1) is 14.0. The number of rotatable bonds is 4. The van der Waals surface area contributed by atoms with E-state index in [1.54, 1.807) is 31.2 Å². The number of hydrogen-bond acceptors (Lipinski definition) is 5. The topological polar surface area (TPSA) is 65.0 Å². The molecular weight excluding hydrogens is 260 g/mol. The van der Waals surface area contributed by atoms with Gasteiger partial charge in [0.1, 0.15) is 0 Å². The number of fused-ring (bicyclic) bond motifs is 1. The second-order valence-electron chi connectivity index (χ2n) is 4.12. The third kappa shape index (κ3) is 2.22. The molecule has 0 unspecified atom stereocenters. The van der Waals surface area contributed by atoms with Crippen LogP contribution in [0.1, 0.15) is 13.3 Å². The van der Waals surface area contributed by atoms with Gasteiger partial charge in [-0.3, -0.25) is 4.79 Å². The fraction of sp³-hybridized carbons (Fsp3) is 0.267. The smallest absolute Gasteiger partial charge is 0.311 e. The lowest BCUT2D eigenvalue weighted by atomic mass is 10.1. The summed E-state index contributed by atoms with van der Waals surface area (Å²) in [4.78, 5) is 11.6. The van der Waals surface area contributed by atoms with Crippen LogP contribution >= 0.6 is 0 Å². The minimum Gasteiger partial charge on any atom is -0.504 e. The van der Waals surface area contributed by atoms with E-state index < -0.39 is 0 Å². The Kier molecular flexibility index (Phi) is 3.98. The Balaban J connectivity index is 2.80. The van der Waals surface area contributed by atoms with Crippen LogP contribution in [-0.4, -0.2) is 25.3 Å². The highest BCUT2D eigenvalue weighted by Crippen LogP contribution is 2.50. The third-order valence-corrected chi connectivity index (χ3v) is 2.97. The van der Waals surface area contributed by atoms with Gasteiger partial charge >= 0.3 is 5.97 Å². The zero-order valence-corrected chi connectivity index (χ0v) is 11.6. The van der Waals surface area contributed by atoms with E-state index in [0.717, 1.165) is 0 Å². The Morgan fingerprint density at radius 3 is 2.20 bits per heavy atom. The summed E-state index contributed by atoms with van der Waals surface area (Å²) in [6.07, 6.45) is 0.237. The fourth-order valence-corrected chi connectivity index (χ4v) is 2.00.